The largest absolute Gasteiger partial charge is 0.463 e. The van der Waals surface area contributed by atoms with Gasteiger partial charge in [-0.2, -0.15) is 0 Å². The average Bonchev–Trinajstić information content (AvgIpc) is 2.47. The SMILES string of the molecule is CO[C@H]1[C@@H](OC(C)=O)O[C@H](COC(C)=O)[C@H](OC(C)=O)[C@@H]1N=[N+]=[N-]. The van der Waals surface area contributed by atoms with Crippen molar-refractivity contribution in [2.45, 2.75) is 51.4 Å². The molecule has 0 amide bonds. The first-order valence-electron chi connectivity index (χ1n) is 7.00. The van der Waals surface area contributed by atoms with Gasteiger partial charge in [0.2, 0.25) is 6.29 Å². The lowest BCUT2D eigenvalue weighted by atomic mass is 9.96. The molecule has 0 saturated carbocycles. The van der Waals surface area contributed by atoms with Gasteiger partial charge in [-0.15, -0.1) is 0 Å². The molecule has 1 heterocycles. The van der Waals surface area contributed by atoms with Crippen molar-refractivity contribution in [1.82, 2.24) is 0 Å². The van der Waals surface area contributed by atoms with Gasteiger partial charge in [0.05, 0.1) is 0 Å². The molecule has 1 saturated heterocycles. The Morgan fingerprint density at radius 3 is 2.17 bits per heavy atom. The molecule has 0 aromatic heterocycles. The number of nitrogens with zero attached hydrogens (tertiary/aromatic N) is 3. The normalized spacial score (nSPS) is 29.1. The molecule has 0 aromatic rings. The van der Waals surface area contributed by atoms with E-state index in [0.717, 1.165) is 13.8 Å². The van der Waals surface area contributed by atoms with Crippen LogP contribution in [0.5, 0.6) is 0 Å². The average molecular weight is 345 g/mol. The molecule has 0 N–H and O–H groups in total. The molecule has 0 bridgehead atoms. The van der Waals surface area contributed by atoms with Gasteiger partial charge >= 0.3 is 17.9 Å². The van der Waals surface area contributed by atoms with Crippen LogP contribution >= 0.6 is 0 Å². The molecule has 0 aliphatic carbocycles. The summed E-state index contributed by atoms with van der Waals surface area (Å²) in [5.74, 6) is -1.90. The minimum Gasteiger partial charge on any atom is -0.463 e. The summed E-state index contributed by atoms with van der Waals surface area (Å²) in [5, 5.41) is 3.57. The maximum atomic E-state index is 11.4. The molecule has 1 aliphatic rings. The summed E-state index contributed by atoms with van der Waals surface area (Å²) in [6.07, 6.45) is -4.34. The number of azide groups is 1. The molecule has 0 aromatic carbocycles. The summed E-state index contributed by atoms with van der Waals surface area (Å²) in [6, 6.07) is -1.05. The van der Waals surface area contributed by atoms with Crippen LogP contribution in [0.2, 0.25) is 0 Å². The third-order valence-electron chi connectivity index (χ3n) is 3.11. The summed E-state index contributed by atoms with van der Waals surface area (Å²) in [4.78, 5) is 36.3. The lowest BCUT2D eigenvalue weighted by Crippen LogP contribution is -2.60. The second-order valence-corrected chi connectivity index (χ2v) is 4.92. The van der Waals surface area contributed by atoms with Crippen molar-refractivity contribution in [1.29, 1.82) is 0 Å². The Balaban J connectivity index is 3.15. The third kappa shape index (κ3) is 5.37. The summed E-state index contributed by atoms with van der Waals surface area (Å²) in [7, 11) is 1.29. The first kappa shape index (κ1) is 19.7. The number of carbonyl (C=O) groups is 3. The third-order valence-corrected chi connectivity index (χ3v) is 3.11. The Morgan fingerprint density at radius 2 is 1.71 bits per heavy atom. The molecular formula is C13H19N3O8. The van der Waals surface area contributed by atoms with Crippen LogP contribution in [-0.2, 0) is 38.1 Å². The van der Waals surface area contributed by atoms with Gasteiger partial charge in [0.25, 0.3) is 0 Å². The van der Waals surface area contributed by atoms with Crippen molar-refractivity contribution in [3.8, 4) is 0 Å². The van der Waals surface area contributed by atoms with E-state index in [1.54, 1.807) is 0 Å². The molecule has 24 heavy (non-hydrogen) atoms. The topological polar surface area (TPSA) is 146 Å². The molecular weight excluding hydrogens is 326 g/mol. The van der Waals surface area contributed by atoms with Gasteiger partial charge in [-0.1, -0.05) is 5.11 Å². The van der Waals surface area contributed by atoms with E-state index in [9.17, 15) is 14.4 Å². The molecule has 0 unspecified atom stereocenters. The highest BCUT2D eigenvalue weighted by Gasteiger charge is 2.49. The first-order valence-corrected chi connectivity index (χ1v) is 7.00. The van der Waals surface area contributed by atoms with E-state index in [1.807, 2.05) is 0 Å². The van der Waals surface area contributed by atoms with Crippen molar-refractivity contribution < 1.29 is 38.1 Å². The Morgan fingerprint density at radius 1 is 1.08 bits per heavy atom. The van der Waals surface area contributed by atoms with Crippen molar-refractivity contribution in [3.05, 3.63) is 10.4 Å². The van der Waals surface area contributed by atoms with Crippen LogP contribution in [0, 0.1) is 0 Å². The number of ether oxygens (including phenoxy) is 5. The minimum absolute atomic E-state index is 0.293. The predicted molar refractivity (Wildman–Crippen MR) is 76.3 cm³/mol. The van der Waals surface area contributed by atoms with Gasteiger partial charge in [-0.05, 0) is 5.53 Å². The molecule has 134 valence electrons. The zero-order valence-corrected chi connectivity index (χ0v) is 13.7. The molecule has 1 aliphatic heterocycles. The first-order chi connectivity index (χ1) is 11.3. The van der Waals surface area contributed by atoms with Crippen LogP contribution in [0.15, 0.2) is 5.11 Å². The fourth-order valence-corrected chi connectivity index (χ4v) is 2.27. The highest BCUT2D eigenvalue weighted by molar-refractivity contribution is 5.67. The fraction of sp³-hybridized carbons (Fsp3) is 0.769. The van der Waals surface area contributed by atoms with Crippen molar-refractivity contribution in [2.24, 2.45) is 5.11 Å². The monoisotopic (exact) mass is 345 g/mol. The predicted octanol–water partition coefficient (Wildman–Crippen LogP) is 0.463. The van der Waals surface area contributed by atoms with Crippen LogP contribution in [0.25, 0.3) is 10.4 Å². The smallest absolute Gasteiger partial charge is 0.305 e. The zero-order chi connectivity index (χ0) is 18.3. The molecule has 0 radical (unpaired) electrons. The second-order valence-electron chi connectivity index (χ2n) is 4.92. The molecule has 0 spiro atoms. The number of hydrogen-bond acceptors (Lipinski definition) is 9. The number of hydrogen-bond donors (Lipinski definition) is 0. The Bertz CT molecular complexity index is 533. The number of esters is 3. The fourth-order valence-electron chi connectivity index (χ4n) is 2.27. The van der Waals surface area contributed by atoms with Crippen LogP contribution in [0.4, 0.5) is 0 Å². The second kappa shape index (κ2) is 9.06. The maximum Gasteiger partial charge on any atom is 0.305 e. The summed E-state index contributed by atoms with van der Waals surface area (Å²) in [5.41, 5.74) is 8.78. The minimum atomic E-state index is -1.23. The van der Waals surface area contributed by atoms with E-state index in [1.165, 1.54) is 14.0 Å². The van der Waals surface area contributed by atoms with Crippen molar-refractivity contribution in [2.75, 3.05) is 13.7 Å². The molecule has 5 atom stereocenters. The molecule has 11 heteroatoms. The summed E-state index contributed by atoms with van der Waals surface area (Å²) < 4.78 is 25.8. The van der Waals surface area contributed by atoms with E-state index < -0.39 is 48.6 Å². The van der Waals surface area contributed by atoms with E-state index in [0.29, 0.717) is 0 Å². The number of rotatable bonds is 6. The molecule has 11 nitrogen and oxygen atoms in total. The van der Waals surface area contributed by atoms with Gasteiger partial charge in [0.15, 0.2) is 0 Å². The van der Waals surface area contributed by atoms with Crippen LogP contribution in [-0.4, -0.2) is 62.3 Å². The number of methoxy groups -OCH3 is 1. The van der Waals surface area contributed by atoms with Gasteiger partial charge in [-0.3, -0.25) is 14.4 Å². The van der Waals surface area contributed by atoms with Crippen LogP contribution in [0.3, 0.4) is 0 Å². The van der Waals surface area contributed by atoms with Crippen molar-refractivity contribution in [3.63, 3.8) is 0 Å². The van der Waals surface area contributed by atoms with Crippen LogP contribution < -0.4 is 0 Å². The Labute approximate surface area is 137 Å². The lowest BCUT2D eigenvalue weighted by molar-refractivity contribution is -0.275. The highest BCUT2D eigenvalue weighted by Crippen LogP contribution is 2.29. The number of carbonyl (C=O) groups excluding carboxylic acids is 3. The quantitative estimate of drug-likeness (QED) is 0.222. The van der Waals surface area contributed by atoms with E-state index in [4.69, 9.17) is 29.2 Å². The molecule has 1 fully saturated rings. The maximum absolute atomic E-state index is 11.4. The van der Waals surface area contributed by atoms with Gasteiger partial charge in [-0.25, -0.2) is 0 Å². The zero-order valence-electron chi connectivity index (χ0n) is 13.7. The van der Waals surface area contributed by atoms with E-state index in [-0.39, 0.29) is 6.61 Å². The van der Waals surface area contributed by atoms with Gasteiger partial charge in [0, 0.05) is 32.8 Å². The van der Waals surface area contributed by atoms with E-state index in [2.05, 4.69) is 10.0 Å². The van der Waals surface area contributed by atoms with Gasteiger partial charge < -0.3 is 23.7 Å². The summed E-state index contributed by atoms with van der Waals surface area (Å²) in [6.45, 7) is 3.23. The highest BCUT2D eigenvalue weighted by atomic mass is 16.7. The Kier molecular flexibility index (Phi) is 7.43. The van der Waals surface area contributed by atoms with Crippen molar-refractivity contribution >= 4 is 17.9 Å². The molecule has 1 rings (SSSR count). The van der Waals surface area contributed by atoms with Gasteiger partial charge in [0.1, 0.15) is 31.0 Å². The lowest BCUT2D eigenvalue weighted by Gasteiger charge is -2.42. The standard InChI is InChI=1S/C13H19N3O8/c1-6(17)21-5-9-11(22-7(2)18)10(15-16-14)12(20-4)13(24-9)23-8(3)19/h9-13H,5H2,1-4H3/t9-,10+,11+,12-,13+/m1/s1. The van der Waals surface area contributed by atoms with Crippen LogP contribution in [0.1, 0.15) is 20.8 Å². The Hall–Kier alpha value is -2.36. The van der Waals surface area contributed by atoms with E-state index >= 15 is 0 Å². The summed E-state index contributed by atoms with van der Waals surface area (Å²) >= 11 is 0.